The zero-order valence-corrected chi connectivity index (χ0v) is 12.9. The molecular weight excluding hydrogens is 261 g/mol. The van der Waals surface area contributed by atoms with Crippen molar-refractivity contribution in [3.8, 4) is 0 Å². The lowest BCUT2D eigenvalue weighted by molar-refractivity contribution is 0.492. The molecule has 0 heterocycles. The highest BCUT2D eigenvalue weighted by Crippen LogP contribution is 2.16. The minimum atomic E-state index is -0.168. The van der Waals surface area contributed by atoms with Crippen molar-refractivity contribution < 1.29 is 4.39 Å². The van der Waals surface area contributed by atoms with Gasteiger partial charge in [0.25, 0.3) is 0 Å². The van der Waals surface area contributed by atoms with Gasteiger partial charge in [0.05, 0.1) is 0 Å². The van der Waals surface area contributed by atoms with E-state index in [9.17, 15) is 4.39 Å². The number of nitrogens with one attached hydrogen (secondary N) is 1. The molecule has 2 rings (SSSR count). The second-order valence-electron chi connectivity index (χ2n) is 5.63. The van der Waals surface area contributed by atoms with Crippen molar-refractivity contribution in [3.05, 3.63) is 71.0 Å². The van der Waals surface area contributed by atoms with E-state index in [-0.39, 0.29) is 5.82 Å². The predicted octanol–water partition coefficient (Wildman–Crippen LogP) is 4.01. The molecule has 0 saturated heterocycles. The number of rotatable bonds is 7. The molecular formula is C19H24FN. The first-order valence-corrected chi connectivity index (χ1v) is 7.68. The topological polar surface area (TPSA) is 12.0 Å². The first kappa shape index (κ1) is 15.7. The maximum absolute atomic E-state index is 13.0. The molecule has 1 nitrogen and oxygen atoms in total. The summed E-state index contributed by atoms with van der Waals surface area (Å²) in [5, 5.41) is 3.27. The summed E-state index contributed by atoms with van der Waals surface area (Å²) in [7, 11) is 1.98. The van der Waals surface area contributed by atoms with Crippen molar-refractivity contribution in [2.45, 2.75) is 26.2 Å². The van der Waals surface area contributed by atoms with Crippen LogP contribution in [-0.2, 0) is 19.3 Å². The first-order chi connectivity index (χ1) is 10.2. The lowest BCUT2D eigenvalue weighted by Crippen LogP contribution is -2.22. The van der Waals surface area contributed by atoms with Gasteiger partial charge < -0.3 is 5.32 Å². The molecule has 0 bridgehead atoms. The van der Waals surface area contributed by atoms with Gasteiger partial charge in [-0.1, -0.05) is 43.3 Å². The molecule has 0 amide bonds. The average Bonchev–Trinajstić information content (AvgIpc) is 2.50. The zero-order chi connectivity index (χ0) is 15.1. The molecule has 0 spiro atoms. The van der Waals surface area contributed by atoms with Crippen LogP contribution >= 0.6 is 0 Å². The third-order valence-corrected chi connectivity index (χ3v) is 3.89. The fraction of sp³-hybridized carbons (Fsp3) is 0.368. The number of benzene rings is 2. The van der Waals surface area contributed by atoms with Gasteiger partial charge in [-0.2, -0.15) is 0 Å². The van der Waals surface area contributed by atoms with E-state index >= 15 is 0 Å². The summed E-state index contributed by atoms with van der Waals surface area (Å²) < 4.78 is 13.0. The molecule has 1 N–H and O–H groups in total. The van der Waals surface area contributed by atoms with Gasteiger partial charge in [-0.15, -0.1) is 0 Å². The first-order valence-electron chi connectivity index (χ1n) is 7.68. The fourth-order valence-corrected chi connectivity index (χ4v) is 2.70. The maximum atomic E-state index is 13.0. The lowest BCUT2D eigenvalue weighted by atomic mass is 9.92. The van der Waals surface area contributed by atoms with Crippen LogP contribution in [0.3, 0.4) is 0 Å². The van der Waals surface area contributed by atoms with Crippen LogP contribution in [0.25, 0.3) is 0 Å². The van der Waals surface area contributed by atoms with Crippen molar-refractivity contribution in [1.29, 1.82) is 0 Å². The van der Waals surface area contributed by atoms with Crippen LogP contribution < -0.4 is 5.32 Å². The number of halogens is 1. The molecule has 0 saturated carbocycles. The molecule has 0 aromatic heterocycles. The van der Waals surface area contributed by atoms with E-state index < -0.39 is 0 Å². The average molecular weight is 285 g/mol. The van der Waals surface area contributed by atoms with Crippen LogP contribution in [-0.4, -0.2) is 13.6 Å². The molecule has 1 atom stereocenters. The number of hydrogen-bond acceptors (Lipinski definition) is 1. The Morgan fingerprint density at radius 3 is 1.81 bits per heavy atom. The van der Waals surface area contributed by atoms with E-state index in [2.05, 4.69) is 36.5 Å². The van der Waals surface area contributed by atoms with E-state index in [1.807, 2.05) is 19.2 Å². The van der Waals surface area contributed by atoms with Crippen molar-refractivity contribution in [1.82, 2.24) is 5.32 Å². The summed E-state index contributed by atoms with van der Waals surface area (Å²) in [5.41, 5.74) is 3.94. The Morgan fingerprint density at radius 2 is 1.33 bits per heavy atom. The molecule has 0 aliphatic rings. The Bertz CT molecular complexity index is 530. The lowest BCUT2D eigenvalue weighted by Gasteiger charge is -2.17. The highest BCUT2D eigenvalue weighted by Gasteiger charge is 2.10. The summed E-state index contributed by atoms with van der Waals surface area (Å²) in [5.74, 6) is 0.354. The molecule has 0 aliphatic heterocycles. The van der Waals surface area contributed by atoms with E-state index in [1.54, 1.807) is 12.1 Å². The molecule has 112 valence electrons. The maximum Gasteiger partial charge on any atom is 0.123 e. The van der Waals surface area contributed by atoms with E-state index in [4.69, 9.17) is 0 Å². The summed E-state index contributed by atoms with van der Waals surface area (Å²) in [6, 6.07) is 15.7. The fourth-order valence-electron chi connectivity index (χ4n) is 2.70. The standard InChI is InChI=1S/C19H24FN/c1-3-15-4-6-16(7-5-15)12-18(14-21-2)13-17-8-10-19(20)11-9-17/h4-11,18,21H,3,12-14H2,1-2H3. The van der Waals surface area contributed by atoms with Gasteiger partial charge >= 0.3 is 0 Å². The smallest absolute Gasteiger partial charge is 0.123 e. The van der Waals surface area contributed by atoms with Crippen LogP contribution in [0.15, 0.2) is 48.5 Å². The highest BCUT2D eigenvalue weighted by atomic mass is 19.1. The van der Waals surface area contributed by atoms with Gasteiger partial charge in [-0.05, 0) is 67.6 Å². The Labute approximate surface area is 127 Å². The Balaban J connectivity index is 2.02. The third-order valence-electron chi connectivity index (χ3n) is 3.89. The van der Waals surface area contributed by atoms with Gasteiger partial charge in [-0.3, -0.25) is 0 Å². The van der Waals surface area contributed by atoms with Crippen LogP contribution in [0.2, 0.25) is 0 Å². The monoisotopic (exact) mass is 285 g/mol. The van der Waals surface area contributed by atoms with Gasteiger partial charge in [-0.25, -0.2) is 4.39 Å². The zero-order valence-electron chi connectivity index (χ0n) is 12.9. The quantitative estimate of drug-likeness (QED) is 0.810. The second kappa shape index (κ2) is 7.94. The molecule has 2 aromatic rings. The molecule has 21 heavy (non-hydrogen) atoms. The second-order valence-corrected chi connectivity index (χ2v) is 5.63. The molecule has 0 aliphatic carbocycles. The Hall–Kier alpha value is -1.67. The summed E-state index contributed by atoms with van der Waals surface area (Å²) >= 11 is 0. The van der Waals surface area contributed by atoms with Gasteiger partial charge in [0.15, 0.2) is 0 Å². The molecule has 0 fully saturated rings. The molecule has 1 unspecified atom stereocenters. The van der Waals surface area contributed by atoms with Crippen molar-refractivity contribution in [3.63, 3.8) is 0 Å². The number of aryl methyl sites for hydroxylation is 1. The van der Waals surface area contributed by atoms with Gasteiger partial charge in [0.2, 0.25) is 0 Å². The van der Waals surface area contributed by atoms with E-state index in [0.29, 0.717) is 5.92 Å². The SMILES string of the molecule is CCc1ccc(CC(CNC)Cc2ccc(F)cc2)cc1. The van der Waals surface area contributed by atoms with Crippen molar-refractivity contribution in [2.24, 2.45) is 5.92 Å². The van der Waals surface area contributed by atoms with E-state index in [1.165, 1.54) is 16.7 Å². The Morgan fingerprint density at radius 1 is 0.857 bits per heavy atom. The molecule has 0 radical (unpaired) electrons. The summed E-state index contributed by atoms with van der Waals surface area (Å²) in [6.45, 7) is 3.14. The van der Waals surface area contributed by atoms with E-state index in [0.717, 1.165) is 25.8 Å². The Kier molecular flexibility index (Phi) is 5.94. The van der Waals surface area contributed by atoms with Crippen LogP contribution in [0, 0.1) is 11.7 Å². The minimum Gasteiger partial charge on any atom is -0.319 e. The molecule has 2 aromatic carbocycles. The predicted molar refractivity (Wildman–Crippen MR) is 87.0 cm³/mol. The summed E-state index contributed by atoms with van der Waals surface area (Å²) in [6.07, 6.45) is 3.09. The van der Waals surface area contributed by atoms with Crippen LogP contribution in [0.4, 0.5) is 4.39 Å². The summed E-state index contributed by atoms with van der Waals surface area (Å²) in [4.78, 5) is 0. The van der Waals surface area contributed by atoms with Crippen LogP contribution in [0.5, 0.6) is 0 Å². The van der Waals surface area contributed by atoms with Crippen molar-refractivity contribution >= 4 is 0 Å². The highest BCUT2D eigenvalue weighted by molar-refractivity contribution is 5.23. The van der Waals surface area contributed by atoms with Gasteiger partial charge in [0.1, 0.15) is 5.82 Å². The minimum absolute atomic E-state index is 0.168. The van der Waals surface area contributed by atoms with Crippen LogP contribution in [0.1, 0.15) is 23.6 Å². The number of hydrogen-bond donors (Lipinski definition) is 1. The molecule has 2 heteroatoms. The normalized spacial score (nSPS) is 12.3. The third kappa shape index (κ3) is 4.98. The van der Waals surface area contributed by atoms with Crippen molar-refractivity contribution in [2.75, 3.05) is 13.6 Å². The largest absolute Gasteiger partial charge is 0.319 e. The van der Waals surface area contributed by atoms with Gasteiger partial charge in [0, 0.05) is 0 Å².